The second kappa shape index (κ2) is 8.10. The Balaban J connectivity index is 1.70. The molecular formula is C20H25F2N7OS. The SMILES string of the molecule is CC1CC(CS(C)(=N)=O)C(C)N(c2cc(-c3cnc4ccc(C(F)F)nn34)ncn2)C1. The van der Waals surface area contributed by atoms with Gasteiger partial charge in [-0.25, -0.2) is 28.2 Å². The van der Waals surface area contributed by atoms with Gasteiger partial charge in [-0.3, -0.25) is 8.99 Å². The second-order valence-electron chi connectivity index (χ2n) is 8.40. The molecule has 4 unspecified atom stereocenters. The monoisotopic (exact) mass is 449 g/mol. The molecule has 0 bridgehead atoms. The Labute approximate surface area is 179 Å². The number of hydrogen-bond donors (Lipinski definition) is 1. The smallest absolute Gasteiger partial charge is 0.282 e. The number of rotatable bonds is 5. The molecule has 1 aliphatic rings. The van der Waals surface area contributed by atoms with Gasteiger partial charge >= 0.3 is 0 Å². The van der Waals surface area contributed by atoms with Gasteiger partial charge in [-0.2, -0.15) is 5.10 Å². The highest BCUT2D eigenvalue weighted by Crippen LogP contribution is 2.33. The van der Waals surface area contributed by atoms with Crippen LogP contribution in [0.2, 0.25) is 0 Å². The summed E-state index contributed by atoms with van der Waals surface area (Å²) in [5.74, 6) is 1.51. The lowest BCUT2D eigenvalue weighted by molar-refractivity contribution is 0.144. The predicted octanol–water partition coefficient (Wildman–Crippen LogP) is 3.65. The van der Waals surface area contributed by atoms with Gasteiger partial charge in [0.15, 0.2) is 5.65 Å². The van der Waals surface area contributed by atoms with E-state index < -0.39 is 16.2 Å². The topological polar surface area (TPSA) is 100 Å². The Kier molecular flexibility index (Phi) is 5.63. The van der Waals surface area contributed by atoms with E-state index >= 15 is 0 Å². The van der Waals surface area contributed by atoms with E-state index in [0.29, 0.717) is 34.5 Å². The first-order chi connectivity index (χ1) is 14.6. The van der Waals surface area contributed by atoms with Gasteiger partial charge in [-0.05, 0) is 37.3 Å². The number of fused-ring (bicyclic) bond motifs is 1. The number of anilines is 1. The third-order valence-electron chi connectivity index (χ3n) is 5.74. The van der Waals surface area contributed by atoms with Crippen LogP contribution in [0.3, 0.4) is 0 Å². The van der Waals surface area contributed by atoms with Crippen LogP contribution in [0.1, 0.15) is 32.4 Å². The van der Waals surface area contributed by atoms with Crippen LogP contribution in [0.25, 0.3) is 17.0 Å². The fourth-order valence-electron chi connectivity index (χ4n) is 4.29. The van der Waals surface area contributed by atoms with Gasteiger partial charge in [0.25, 0.3) is 6.43 Å². The van der Waals surface area contributed by atoms with Crippen LogP contribution < -0.4 is 4.90 Å². The summed E-state index contributed by atoms with van der Waals surface area (Å²) in [6.07, 6.45) is 2.71. The van der Waals surface area contributed by atoms with Crippen LogP contribution >= 0.6 is 0 Å². The van der Waals surface area contributed by atoms with Crippen molar-refractivity contribution in [2.75, 3.05) is 23.5 Å². The maximum Gasteiger partial charge on any atom is 0.282 e. The van der Waals surface area contributed by atoms with E-state index in [4.69, 9.17) is 4.78 Å². The van der Waals surface area contributed by atoms with Gasteiger partial charge in [-0.15, -0.1) is 0 Å². The highest BCUT2D eigenvalue weighted by atomic mass is 32.2. The number of imidazole rings is 1. The number of hydrogen-bond acceptors (Lipinski definition) is 7. The summed E-state index contributed by atoms with van der Waals surface area (Å²) < 4.78 is 47.6. The highest BCUT2D eigenvalue weighted by molar-refractivity contribution is 7.91. The Morgan fingerprint density at radius 1 is 1.26 bits per heavy atom. The van der Waals surface area contributed by atoms with E-state index in [1.54, 1.807) is 12.3 Å². The maximum absolute atomic E-state index is 13.1. The summed E-state index contributed by atoms with van der Waals surface area (Å²) in [4.78, 5) is 15.2. The standard InChI is InChI=1S/C20H25F2N7OS/c1-12-6-14(10-31(3,23)30)13(2)28(9-12)19-7-16(25-11-26-19)17-8-24-18-5-4-15(20(21)22)27-29(17)18/h4-5,7-8,11-14,20,23H,6,9-10H2,1-3H3. The van der Waals surface area contributed by atoms with E-state index in [-0.39, 0.29) is 17.7 Å². The molecule has 1 fully saturated rings. The zero-order chi connectivity index (χ0) is 22.3. The summed E-state index contributed by atoms with van der Waals surface area (Å²) >= 11 is 0. The molecule has 0 amide bonds. The van der Waals surface area contributed by atoms with Gasteiger partial charge in [0.1, 0.15) is 23.5 Å². The number of piperidine rings is 1. The van der Waals surface area contributed by atoms with E-state index in [0.717, 1.165) is 13.0 Å². The Morgan fingerprint density at radius 2 is 2.03 bits per heavy atom. The lowest BCUT2D eigenvalue weighted by Gasteiger charge is -2.43. The van der Waals surface area contributed by atoms with Crippen LogP contribution in [-0.2, 0) is 9.73 Å². The molecule has 11 heteroatoms. The molecule has 166 valence electrons. The first-order valence-electron chi connectivity index (χ1n) is 10.1. The Morgan fingerprint density at radius 3 is 2.74 bits per heavy atom. The molecule has 8 nitrogen and oxygen atoms in total. The molecule has 0 radical (unpaired) electrons. The van der Waals surface area contributed by atoms with Crippen molar-refractivity contribution in [3.8, 4) is 11.4 Å². The largest absolute Gasteiger partial charge is 0.353 e. The predicted molar refractivity (Wildman–Crippen MR) is 115 cm³/mol. The second-order valence-corrected chi connectivity index (χ2v) is 10.7. The number of nitrogens with zero attached hydrogens (tertiary/aromatic N) is 6. The van der Waals surface area contributed by atoms with Crippen LogP contribution in [0.5, 0.6) is 0 Å². The minimum Gasteiger partial charge on any atom is -0.353 e. The fourth-order valence-corrected chi connectivity index (χ4v) is 5.52. The average molecular weight is 450 g/mol. The van der Waals surface area contributed by atoms with E-state index in [2.05, 4.69) is 38.8 Å². The normalized spacial score (nSPS) is 23.9. The van der Waals surface area contributed by atoms with Gasteiger partial charge in [0.2, 0.25) is 0 Å². The molecule has 0 saturated carbocycles. The molecule has 0 aromatic carbocycles. The van der Waals surface area contributed by atoms with Crippen molar-refractivity contribution in [2.24, 2.45) is 11.8 Å². The maximum atomic E-state index is 13.1. The molecule has 1 saturated heterocycles. The first kappa shape index (κ1) is 21.5. The van der Waals surface area contributed by atoms with Gasteiger partial charge in [-0.1, -0.05) is 6.92 Å². The minimum atomic E-state index is -2.68. The summed E-state index contributed by atoms with van der Waals surface area (Å²) in [5.41, 5.74) is 1.14. The molecule has 31 heavy (non-hydrogen) atoms. The van der Waals surface area contributed by atoms with Crippen LogP contribution in [-0.4, -0.2) is 53.4 Å². The zero-order valence-corrected chi connectivity index (χ0v) is 18.4. The van der Waals surface area contributed by atoms with E-state index in [1.165, 1.54) is 29.2 Å². The van der Waals surface area contributed by atoms with Gasteiger partial charge in [0, 0.05) is 40.4 Å². The van der Waals surface area contributed by atoms with Crippen molar-refractivity contribution in [3.05, 3.63) is 36.4 Å². The molecule has 1 N–H and O–H groups in total. The molecule has 3 aromatic rings. The van der Waals surface area contributed by atoms with Crippen molar-refractivity contribution in [1.82, 2.24) is 24.6 Å². The summed E-state index contributed by atoms with van der Waals surface area (Å²) in [7, 11) is -2.61. The number of nitrogens with one attached hydrogen (secondary N) is 1. The van der Waals surface area contributed by atoms with Crippen LogP contribution in [0.4, 0.5) is 14.6 Å². The fraction of sp³-hybridized carbons (Fsp3) is 0.500. The Bertz CT molecular complexity index is 1200. The minimum absolute atomic E-state index is 0.0517. The molecule has 4 heterocycles. The lowest BCUT2D eigenvalue weighted by atomic mass is 9.86. The molecule has 0 aliphatic carbocycles. The van der Waals surface area contributed by atoms with Crippen molar-refractivity contribution in [3.63, 3.8) is 0 Å². The van der Waals surface area contributed by atoms with E-state index in [9.17, 15) is 13.0 Å². The molecule has 4 atom stereocenters. The van der Waals surface area contributed by atoms with Crippen molar-refractivity contribution in [1.29, 1.82) is 4.78 Å². The summed E-state index contributed by atoms with van der Waals surface area (Å²) in [6, 6.07) is 4.62. The number of aromatic nitrogens is 5. The van der Waals surface area contributed by atoms with Crippen LogP contribution in [0, 0.1) is 16.6 Å². The summed E-state index contributed by atoms with van der Waals surface area (Å²) in [6.45, 7) is 4.97. The molecule has 0 spiro atoms. The zero-order valence-electron chi connectivity index (χ0n) is 17.6. The highest BCUT2D eigenvalue weighted by Gasteiger charge is 2.34. The average Bonchev–Trinajstić information content (AvgIpc) is 3.12. The number of halogens is 2. The van der Waals surface area contributed by atoms with Crippen molar-refractivity contribution < 1.29 is 13.0 Å². The van der Waals surface area contributed by atoms with Gasteiger partial charge in [0.05, 0.1) is 11.9 Å². The first-order valence-corrected chi connectivity index (χ1v) is 12.2. The van der Waals surface area contributed by atoms with Crippen molar-refractivity contribution in [2.45, 2.75) is 32.7 Å². The van der Waals surface area contributed by atoms with E-state index in [1.807, 2.05) is 0 Å². The third kappa shape index (κ3) is 4.51. The third-order valence-corrected chi connectivity index (χ3v) is 6.80. The lowest BCUT2D eigenvalue weighted by Crippen LogP contribution is -2.49. The van der Waals surface area contributed by atoms with Crippen molar-refractivity contribution >= 4 is 21.2 Å². The summed E-state index contributed by atoms with van der Waals surface area (Å²) in [5, 5.41) is 4.01. The molecular weight excluding hydrogens is 424 g/mol. The van der Waals surface area contributed by atoms with Gasteiger partial charge < -0.3 is 4.90 Å². The van der Waals surface area contributed by atoms with Crippen LogP contribution in [0.15, 0.2) is 30.7 Å². The Hall–Kier alpha value is -2.69. The molecule has 3 aromatic heterocycles. The number of alkyl halides is 2. The quantitative estimate of drug-likeness (QED) is 0.638. The molecule has 4 rings (SSSR count). The molecule has 1 aliphatic heterocycles.